The average Bonchev–Trinajstić information content (AvgIpc) is 2.03. The number of rotatable bonds is 3. The summed E-state index contributed by atoms with van der Waals surface area (Å²) in [5.41, 5.74) is 0.700. The normalized spacial score (nSPS) is 10.5. The highest BCUT2D eigenvalue weighted by Crippen LogP contribution is 2.08. The molecule has 4 nitrogen and oxygen atoms in total. The van der Waals surface area contributed by atoms with E-state index >= 15 is 0 Å². The molecule has 0 aliphatic heterocycles. The van der Waals surface area contributed by atoms with E-state index in [-0.39, 0.29) is 5.56 Å². The van der Waals surface area contributed by atoms with Gasteiger partial charge in [-0.25, -0.2) is 5.10 Å². The van der Waals surface area contributed by atoms with Gasteiger partial charge in [0.1, 0.15) is 0 Å². The highest BCUT2D eigenvalue weighted by Gasteiger charge is 2.03. The van der Waals surface area contributed by atoms with E-state index < -0.39 is 0 Å². The van der Waals surface area contributed by atoms with Crippen LogP contribution in [0.2, 0.25) is 0 Å². The van der Waals surface area contributed by atoms with Gasteiger partial charge in [0.05, 0.1) is 11.9 Å². The van der Waals surface area contributed by atoms with Crippen LogP contribution in [0, 0.1) is 5.92 Å². The van der Waals surface area contributed by atoms with Crippen molar-refractivity contribution in [3.05, 3.63) is 22.6 Å². The van der Waals surface area contributed by atoms with Gasteiger partial charge in [0.15, 0.2) is 0 Å². The van der Waals surface area contributed by atoms with Gasteiger partial charge in [0.2, 0.25) is 0 Å². The lowest BCUT2D eigenvalue weighted by Gasteiger charge is -2.20. The zero-order valence-electron chi connectivity index (χ0n) is 8.24. The summed E-state index contributed by atoms with van der Waals surface area (Å²) in [6, 6.07) is 1.55. The molecule has 4 heteroatoms. The lowest BCUT2D eigenvalue weighted by molar-refractivity contribution is 0.637. The van der Waals surface area contributed by atoms with Crippen LogP contribution in [0.5, 0.6) is 0 Å². The molecule has 0 saturated heterocycles. The number of nitrogens with one attached hydrogen (secondary N) is 1. The van der Waals surface area contributed by atoms with Crippen LogP contribution in [0.25, 0.3) is 0 Å². The molecule has 0 aliphatic carbocycles. The molecule has 0 saturated carbocycles. The molecule has 0 fully saturated rings. The molecule has 72 valence electrons. The van der Waals surface area contributed by atoms with Gasteiger partial charge in [-0.3, -0.25) is 4.79 Å². The zero-order chi connectivity index (χ0) is 9.84. The Labute approximate surface area is 77.6 Å². The van der Waals surface area contributed by atoms with Crippen molar-refractivity contribution in [2.45, 2.75) is 13.8 Å². The summed E-state index contributed by atoms with van der Waals surface area (Å²) in [5, 5.41) is 6.08. The molecule has 13 heavy (non-hydrogen) atoms. The van der Waals surface area contributed by atoms with Crippen molar-refractivity contribution in [3.8, 4) is 0 Å². The van der Waals surface area contributed by atoms with Crippen LogP contribution < -0.4 is 10.5 Å². The number of H-pyrrole nitrogens is 1. The maximum atomic E-state index is 10.9. The number of hydrogen-bond donors (Lipinski definition) is 1. The van der Waals surface area contributed by atoms with Gasteiger partial charge in [0.25, 0.3) is 5.56 Å². The summed E-state index contributed by atoms with van der Waals surface area (Å²) in [6.45, 7) is 5.19. The molecule has 0 aromatic carbocycles. The highest BCUT2D eigenvalue weighted by atomic mass is 16.1. The number of anilines is 1. The largest absolute Gasteiger partial charge is 0.373 e. The maximum absolute atomic E-state index is 10.9. The fourth-order valence-electron chi connectivity index (χ4n) is 1.23. The van der Waals surface area contributed by atoms with Crippen LogP contribution in [0.15, 0.2) is 17.1 Å². The SMILES string of the molecule is CC(C)CN(C)c1cn[nH]c(=O)c1. The Balaban J connectivity index is 2.77. The fourth-order valence-corrected chi connectivity index (χ4v) is 1.23. The van der Waals surface area contributed by atoms with E-state index in [1.807, 2.05) is 11.9 Å². The Morgan fingerprint density at radius 1 is 1.62 bits per heavy atom. The number of aromatic nitrogens is 2. The quantitative estimate of drug-likeness (QED) is 0.752. The van der Waals surface area contributed by atoms with Crippen LogP contribution in [-0.2, 0) is 0 Å². The molecule has 1 heterocycles. The molecule has 0 spiro atoms. The van der Waals surface area contributed by atoms with Crippen LogP contribution in [0.1, 0.15) is 13.8 Å². The third-order valence-electron chi connectivity index (χ3n) is 1.73. The summed E-state index contributed by atoms with van der Waals surface area (Å²) >= 11 is 0. The van der Waals surface area contributed by atoms with E-state index in [4.69, 9.17) is 0 Å². The molecule has 0 bridgehead atoms. The first-order chi connectivity index (χ1) is 6.09. The van der Waals surface area contributed by atoms with Gasteiger partial charge >= 0.3 is 0 Å². The van der Waals surface area contributed by atoms with Gasteiger partial charge in [-0.05, 0) is 5.92 Å². The second-order valence-electron chi connectivity index (χ2n) is 3.58. The van der Waals surface area contributed by atoms with Crippen molar-refractivity contribution >= 4 is 5.69 Å². The molecule has 1 aromatic heterocycles. The smallest absolute Gasteiger partial charge is 0.266 e. The Hall–Kier alpha value is -1.32. The minimum Gasteiger partial charge on any atom is -0.373 e. The van der Waals surface area contributed by atoms with E-state index in [9.17, 15) is 4.79 Å². The topological polar surface area (TPSA) is 49.0 Å². The molecule has 0 unspecified atom stereocenters. The van der Waals surface area contributed by atoms with Crippen LogP contribution in [0.3, 0.4) is 0 Å². The van der Waals surface area contributed by atoms with Gasteiger partial charge < -0.3 is 4.90 Å². The van der Waals surface area contributed by atoms with Crippen molar-refractivity contribution in [2.24, 2.45) is 5.92 Å². The summed E-state index contributed by atoms with van der Waals surface area (Å²) < 4.78 is 0. The summed E-state index contributed by atoms with van der Waals surface area (Å²) in [4.78, 5) is 13.0. The van der Waals surface area contributed by atoms with Crippen molar-refractivity contribution in [1.29, 1.82) is 0 Å². The van der Waals surface area contributed by atoms with Gasteiger partial charge in [-0.2, -0.15) is 5.10 Å². The van der Waals surface area contributed by atoms with Gasteiger partial charge in [-0.15, -0.1) is 0 Å². The molecular weight excluding hydrogens is 166 g/mol. The molecule has 0 radical (unpaired) electrons. The Morgan fingerprint density at radius 3 is 2.85 bits per heavy atom. The lowest BCUT2D eigenvalue weighted by atomic mass is 10.2. The fraction of sp³-hybridized carbons (Fsp3) is 0.556. The molecule has 1 rings (SSSR count). The minimum absolute atomic E-state index is 0.159. The third-order valence-corrected chi connectivity index (χ3v) is 1.73. The summed E-state index contributed by atoms with van der Waals surface area (Å²) in [7, 11) is 1.95. The van der Waals surface area contributed by atoms with E-state index in [0.29, 0.717) is 5.92 Å². The van der Waals surface area contributed by atoms with Crippen LogP contribution in [-0.4, -0.2) is 23.8 Å². The second kappa shape index (κ2) is 4.07. The molecule has 0 amide bonds. The van der Waals surface area contributed by atoms with E-state index in [1.165, 1.54) is 0 Å². The third kappa shape index (κ3) is 2.89. The highest BCUT2D eigenvalue weighted by molar-refractivity contribution is 5.41. The first kappa shape index (κ1) is 9.77. The van der Waals surface area contributed by atoms with Gasteiger partial charge in [0, 0.05) is 19.7 Å². The Bertz CT molecular complexity index is 319. The van der Waals surface area contributed by atoms with Crippen LogP contribution in [0.4, 0.5) is 5.69 Å². The number of nitrogens with zero attached hydrogens (tertiary/aromatic N) is 2. The molecule has 1 N–H and O–H groups in total. The lowest BCUT2D eigenvalue weighted by Crippen LogP contribution is -2.24. The summed E-state index contributed by atoms with van der Waals surface area (Å²) in [5.74, 6) is 0.573. The van der Waals surface area contributed by atoms with Crippen molar-refractivity contribution in [2.75, 3.05) is 18.5 Å². The maximum Gasteiger partial charge on any atom is 0.266 e. The van der Waals surface area contributed by atoms with Crippen molar-refractivity contribution in [1.82, 2.24) is 10.2 Å². The predicted octanol–water partition coefficient (Wildman–Crippen LogP) is 0.862. The molecule has 0 aliphatic rings. The van der Waals surface area contributed by atoms with E-state index in [1.54, 1.807) is 12.3 Å². The monoisotopic (exact) mass is 181 g/mol. The molecule has 1 aromatic rings. The standard InChI is InChI=1S/C9H15N3O/c1-7(2)6-12(3)8-4-9(13)11-10-5-8/h4-5,7H,6H2,1-3H3,(H,11,13). The number of hydrogen-bond acceptors (Lipinski definition) is 3. The Kier molecular flexibility index (Phi) is 3.06. The molecular formula is C9H15N3O. The van der Waals surface area contributed by atoms with E-state index in [0.717, 1.165) is 12.2 Å². The summed E-state index contributed by atoms with van der Waals surface area (Å²) in [6.07, 6.45) is 1.66. The Morgan fingerprint density at radius 2 is 2.31 bits per heavy atom. The van der Waals surface area contributed by atoms with E-state index in [2.05, 4.69) is 24.0 Å². The first-order valence-corrected chi connectivity index (χ1v) is 4.35. The average molecular weight is 181 g/mol. The van der Waals surface area contributed by atoms with Crippen LogP contribution >= 0.6 is 0 Å². The predicted molar refractivity (Wildman–Crippen MR) is 53.0 cm³/mol. The zero-order valence-corrected chi connectivity index (χ0v) is 8.24. The number of aromatic amines is 1. The second-order valence-corrected chi connectivity index (χ2v) is 3.58. The van der Waals surface area contributed by atoms with Gasteiger partial charge in [-0.1, -0.05) is 13.8 Å². The van der Waals surface area contributed by atoms with Crippen molar-refractivity contribution in [3.63, 3.8) is 0 Å². The van der Waals surface area contributed by atoms with Crippen molar-refractivity contribution < 1.29 is 0 Å². The molecule has 0 atom stereocenters. The minimum atomic E-state index is -0.159. The first-order valence-electron chi connectivity index (χ1n) is 4.35.